The number of fused-ring (bicyclic) bond motifs is 1. The Kier molecular flexibility index (Phi) is 10.6. The van der Waals surface area contributed by atoms with Crippen molar-refractivity contribution in [2.24, 2.45) is 22.2 Å². The molecule has 0 fully saturated rings. The lowest BCUT2D eigenvalue weighted by Gasteiger charge is -2.21. The summed E-state index contributed by atoms with van der Waals surface area (Å²) < 4.78 is 0. The molecule has 3 rings (SSSR count). The maximum atomic E-state index is 13.0. The molecule has 15 heteroatoms. The van der Waals surface area contributed by atoms with Crippen molar-refractivity contribution in [3.8, 4) is 0 Å². The summed E-state index contributed by atoms with van der Waals surface area (Å²) in [6.07, 6.45) is 5.29. The predicted molar refractivity (Wildman–Crippen MR) is 147 cm³/mol. The highest BCUT2D eigenvalue weighted by atomic mass is 16.4. The Hall–Kier alpha value is -4.92. The lowest BCUT2D eigenvalue weighted by atomic mass is 10.1. The lowest BCUT2D eigenvalue weighted by molar-refractivity contribution is -0.142. The van der Waals surface area contributed by atoms with Gasteiger partial charge in [0.25, 0.3) is 0 Å². The molecule has 0 aliphatic carbocycles. The van der Waals surface area contributed by atoms with Gasteiger partial charge in [0.2, 0.25) is 17.7 Å². The van der Waals surface area contributed by atoms with Gasteiger partial charge in [-0.1, -0.05) is 18.2 Å². The summed E-state index contributed by atoms with van der Waals surface area (Å²) in [5.74, 6) is -3.29. The minimum Gasteiger partial charge on any atom is -0.480 e. The number of guanidine groups is 1. The number of carboxylic acid groups (broad SMARTS) is 1. The number of aliphatic imine (C=N–C) groups is 1. The molecule has 3 atom stereocenters. The van der Waals surface area contributed by atoms with Crippen LogP contribution in [0.3, 0.4) is 0 Å². The van der Waals surface area contributed by atoms with Crippen LogP contribution in [-0.2, 0) is 32.0 Å². The van der Waals surface area contributed by atoms with Crippen LogP contribution in [0.25, 0.3) is 10.9 Å². The average Bonchev–Trinajstić information content (AvgIpc) is 3.58. The molecule has 214 valence electrons. The van der Waals surface area contributed by atoms with Gasteiger partial charge in [0.15, 0.2) is 5.96 Å². The fourth-order valence-electron chi connectivity index (χ4n) is 4.03. The number of para-hydroxylation sites is 1. The second kappa shape index (κ2) is 14.3. The number of H-pyrrole nitrogens is 2. The van der Waals surface area contributed by atoms with E-state index in [1.54, 1.807) is 6.20 Å². The van der Waals surface area contributed by atoms with E-state index in [2.05, 4.69) is 35.9 Å². The Morgan fingerprint density at radius 3 is 2.50 bits per heavy atom. The third-order valence-corrected chi connectivity index (χ3v) is 6.07. The van der Waals surface area contributed by atoms with E-state index in [1.165, 1.54) is 12.5 Å². The Balaban J connectivity index is 1.56. The van der Waals surface area contributed by atoms with Gasteiger partial charge >= 0.3 is 5.97 Å². The number of carbonyl (C=O) groups is 4. The van der Waals surface area contributed by atoms with E-state index < -0.39 is 48.4 Å². The van der Waals surface area contributed by atoms with E-state index in [1.807, 2.05) is 24.3 Å². The Labute approximate surface area is 229 Å². The molecular formula is C25H34N10O5. The first-order chi connectivity index (χ1) is 19.1. The standard InChI is InChI=1S/C25H34N10O5/c26-17(8-14-10-31-18-5-2-1-4-16(14)18)22(37)32-12-21(36)34-20(9-15-11-29-13-33-15)23(38)35-19(24(39)40)6-3-7-30-25(27)28/h1-2,4-5,10-11,13,17,19-20,31H,3,6-9,12,26H2,(H,29,33)(H,32,37)(H,34,36)(H,35,38)(H,39,40)(H4,27,28,30). The van der Waals surface area contributed by atoms with Crippen LogP contribution in [0.5, 0.6) is 0 Å². The van der Waals surface area contributed by atoms with Crippen LogP contribution in [0.4, 0.5) is 0 Å². The smallest absolute Gasteiger partial charge is 0.326 e. The fourth-order valence-corrected chi connectivity index (χ4v) is 4.03. The second-order valence-electron chi connectivity index (χ2n) is 9.14. The molecule has 1 aromatic carbocycles. The van der Waals surface area contributed by atoms with Crippen LogP contribution in [0.2, 0.25) is 0 Å². The van der Waals surface area contributed by atoms with Crippen molar-refractivity contribution >= 4 is 40.6 Å². The van der Waals surface area contributed by atoms with Crippen molar-refractivity contribution in [3.63, 3.8) is 0 Å². The number of aliphatic carboxylic acids is 1. The third-order valence-electron chi connectivity index (χ3n) is 6.07. The highest BCUT2D eigenvalue weighted by Crippen LogP contribution is 2.18. The number of rotatable bonds is 15. The van der Waals surface area contributed by atoms with Gasteiger partial charge in [0.05, 0.1) is 18.9 Å². The van der Waals surface area contributed by atoms with Crippen molar-refractivity contribution in [3.05, 3.63) is 54.2 Å². The van der Waals surface area contributed by atoms with Gasteiger partial charge in [-0.3, -0.25) is 19.4 Å². The van der Waals surface area contributed by atoms with Gasteiger partial charge in [0.1, 0.15) is 12.1 Å². The van der Waals surface area contributed by atoms with Crippen LogP contribution in [0.15, 0.2) is 48.0 Å². The molecule has 0 aliphatic heterocycles. The van der Waals surface area contributed by atoms with Gasteiger partial charge in [-0.15, -0.1) is 0 Å². The molecule has 3 unspecified atom stereocenters. The lowest BCUT2D eigenvalue weighted by Crippen LogP contribution is -2.54. The molecule has 2 aromatic heterocycles. The van der Waals surface area contributed by atoms with E-state index in [0.29, 0.717) is 12.1 Å². The topological polar surface area (TPSA) is 259 Å². The second-order valence-corrected chi connectivity index (χ2v) is 9.14. The summed E-state index contributed by atoms with van der Waals surface area (Å²) in [6.45, 7) is -0.244. The van der Waals surface area contributed by atoms with Crippen molar-refractivity contribution in [2.45, 2.75) is 43.8 Å². The molecular weight excluding hydrogens is 520 g/mol. The summed E-state index contributed by atoms with van der Waals surface area (Å²) >= 11 is 0. The monoisotopic (exact) mass is 554 g/mol. The Morgan fingerprint density at radius 2 is 1.80 bits per heavy atom. The van der Waals surface area contributed by atoms with Crippen LogP contribution in [0.1, 0.15) is 24.1 Å². The number of nitrogens with zero attached hydrogens (tertiary/aromatic N) is 2. The molecule has 0 radical (unpaired) electrons. The quantitative estimate of drug-likeness (QED) is 0.0584. The van der Waals surface area contributed by atoms with Crippen molar-refractivity contribution in [1.29, 1.82) is 0 Å². The predicted octanol–water partition coefficient (Wildman–Crippen LogP) is -1.77. The molecule has 2 heterocycles. The third kappa shape index (κ3) is 8.83. The fraction of sp³-hybridized carbons (Fsp3) is 0.360. The Bertz CT molecular complexity index is 1330. The number of aromatic amines is 2. The van der Waals surface area contributed by atoms with Crippen molar-refractivity contribution < 1.29 is 24.3 Å². The number of hydrogen-bond donors (Lipinski definition) is 9. The molecule has 0 bridgehead atoms. The first kappa shape index (κ1) is 29.6. The summed E-state index contributed by atoms with van der Waals surface area (Å²) in [4.78, 5) is 63.6. The molecule has 0 aliphatic rings. The van der Waals surface area contributed by atoms with Crippen LogP contribution in [0, 0.1) is 0 Å². The van der Waals surface area contributed by atoms with E-state index in [0.717, 1.165) is 16.5 Å². The van der Waals surface area contributed by atoms with Crippen molar-refractivity contribution in [1.82, 2.24) is 30.9 Å². The molecule has 0 spiro atoms. The average molecular weight is 555 g/mol. The largest absolute Gasteiger partial charge is 0.480 e. The van der Waals surface area contributed by atoms with E-state index in [4.69, 9.17) is 17.2 Å². The maximum Gasteiger partial charge on any atom is 0.326 e. The number of nitrogens with one attached hydrogen (secondary N) is 5. The summed E-state index contributed by atoms with van der Waals surface area (Å²) in [6, 6.07) is 4.32. The Morgan fingerprint density at radius 1 is 1.02 bits per heavy atom. The molecule has 3 amide bonds. The first-order valence-electron chi connectivity index (χ1n) is 12.6. The zero-order valence-electron chi connectivity index (χ0n) is 21.7. The van der Waals surface area contributed by atoms with Gasteiger partial charge < -0.3 is 48.2 Å². The minimum absolute atomic E-state index is 0.00589. The van der Waals surface area contributed by atoms with E-state index >= 15 is 0 Å². The van der Waals surface area contributed by atoms with Crippen LogP contribution < -0.4 is 33.2 Å². The van der Waals surface area contributed by atoms with Gasteiger partial charge in [-0.2, -0.15) is 0 Å². The van der Waals surface area contributed by atoms with E-state index in [-0.39, 0.29) is 31.8 Å². The van der Waals surface area contributed by atoms with Gasteiger partial charge in [-0.05, 0) is 30.9 Å². The minimum atomic E-state index is -1.25. The van der Waals surface area contributed by atoms with Crippen LogP contribution >= 0.6 is 0 Å². The molecule has 3 aromatic rings. The SMILES string of the molecule is NC(N)=NCCCC(NC(=O)C(Cc1cnc[nH]1)NC(=O)CNC(=O)C(N)Cc1c[nH]c2ccccc12)C(=O)O. The number of nitrogens with two attached hydrogens (primary N) is 3. The van der Waals surface area contributed by atoms with E-state index in [9.17, 15) is 24.3 Å². The van der Waals surface area contributed by atoms with Gasteiger partial charge in [0, 0.05) is 42.0 Å². The highest BCUT2D eigenvalue weighted by Gasteiger charge is 2.27. The highest BCUT2D eigenvalue weighted by molar-refractivity contribution is 5.93. The number of imidazole rings is 1. The molecule has 15 nitrogen and oxygen atoms in total. The first-order valence-corrected chi connectivity index (χ1v) is 12.6. The number of carboxylic acids is 1. The summed E-state index contributed by atoms with van der Waals surface area (Å²) in [5, 5.41) is 17.9. The number of amides is 3. The number of benzene rings is 1. The molecule has 0 saturated heterocycles. The number of hydrogen-bond acceptors (Lipinski definition) is 7. The summed E-state index contributed by atoms with van der Waals surface area (Å²) in [7, 11) is 0. The van der Waals surface area contributed by atoms with Crippen LogP contribution in [-0.4, -0.2) is 80.9 Å². The number of aromatic nitrogens is 3. The normalized spacial score (nSPS) is 13.1. The molecule has 0 saturated carbocycles. The maximum absolute atomic E-state index is 13.0. The van der Waals surface area contributed by atoms with Crippen molar-refractivity contribution in [2.75, 3.05) is 13.1 Å². The molecule has 12 N–H and O–H groups in total. The van der Waals surface area contributed by atoms with Gasteiger partial charge in [-0.25, -0.2) is 9.78 Å². The summed E-state index contributed by atoms with van der Waals surface area (Å²) in [5.41, 5.74) is 18.9. The zero-order chi connectivity index (χ0) is 29.1. The molecule has 40 heavy (non-hydrogen) atoms. The number of carbonyl (C=O) groups excluding carboxylic acids is 3. The zero-order valence-corrected chi connectivity index (χ0v) is 21.7.